The molecule has 0 bridgehead atoms. The molecule has 1 N–H and O–H groups in total. The molecule has 2 unspecified atom stereocenters. The second-order valence-electron chi connectivity index (χ2n) is 4.88. The molecule has 0 aliphatic carbocycles. The van der Waals surface area contributed by atoms with Gasteiger partial charge in [0.2, 0.25) is 0 Å². The van der Waals surface area contributed by atoms with Gasteiger partial charge in [0.25, 0.3) is 0 Å². The van der Waals surface area contributed by atoms with Crippen molar-refractivity contribution < 1.29 is 14.2 Å². The average molecular weight is 238 g/mol. The summed E-state index contributed by atoms with van der Waals surface area (Å²) in [7, 11) is 0. The fourth-order valence-corrected chi connectivity index (χ4v) is 2.41. The number of aliphatic hydroxyl groups is 1. The van der Waals surface area contributed by atoms with Crippen LogP contribution in [-0.4, -0.2) is 23.4 Å². The van der Waals surface area contributed by atoms with E-state index in [1.165, 1.54) is 12.1 Å². The van der Waals surface area contributed by atoms with E-state index >= 15 is 0 Å². The van der Waals surface area contributed by atoms with Crippen molar-refractivity contribution in [2.24, 2.45) is 0 Å². The summed E-state index contributed by atoms with van der Waals surface area (Å²) in [5.74, 6) is -0.237. The molecule has 1 heterocycles. The molecule has 3 heteroatoms. The van der Waals surface area contributed by atoms with Crippen LogP contribution in [0.3, 0.4) is 0 Å². The number of rotatable bonds is 3. The smallest absolute Gasteiger partial charge is 0.123 e. The number of ether oxygens (including phenoxy) is 1. The molecule has 1 aliphatic rings. The van der Waals surface area contributed by atoms with Crippen molar-refractivity contribution in [2.75, 3.05) is 6.61 Å². The molecule has 2 rings (SSSR count). The topological polar surface area (TPSA) is 29.5 Å². The van der Waals surface area contributed by atoms with Crippen LogP contribution in [-0.2, 0) is 11.2 Å². The lowest BCUT2D eigenvalue weighted by atomic mass is 9.84. The predicted molar refractivity (Wildman–Crippen MR) is 64.3 cm³/mol. The second kappa shape index (κ2) is 5.15. The molecule has 1 aliphatic heterocycles. The van der Waals surface area contributed by atoms with Gasteiger partial charge in [0, 0.05) is 19.4 Å². The zero-order valence-corrected chi connectivity index (χ0v) is 10.2. The molecule has 1 aromatic rings. The van der Waals surface area contributed by atoms with Gasteiger partial charge in [-0.25, -0.2) is 4.39 Å². The Morgan fingerprint density at radius 1 is 1.41 bits per heavy atom. The molecular weight excluding hydrogens is 219 g/mol. The summed E-state index contributed by atoms with van der Waals surface area (Å²) in [5.41, 5.74) is 0.280. The molecule has 17 heavy (non-hydrogen) atoms. The number of hydrogen-bond donors (Lipinski definition) is 1. The SMILES string of the molecule is CCC1CC(O)(Cc2ccc(F)cc2)CCO1. The number of halogens is 1. The van der Waals surface area contributed by atoms with Crippen LogP contribution < -0.4 is 0 Å². The third-order valence-corrected chi connectivity index (χ3v) is 3.43. The Hall–Kier alpha value is -0.930. The van der Waals surface area contributed by atoms with E-state index in [0.717, 1.165) is 12.0 Å². The Labute approximate surface area is 101 Å². The molecule has 1 fully saturated rings. The van der Waals surface area contributed by atoms with Crippen molar-refractivity contribution >= 4 is 0 Å². The van der Waals surface area contributed by atoms with E-state index < -0.39 is 5.60 Å². The number of hydrogen-bond acceptors (Lipinski definition) is 2. The fourth-order valence-electron chi connectivity index (χ4n) is 2.41. The van der Waals surface area contributed by atoms with E-state index in [1.54, 1.807) is 12.1 Å². The minimum atomic E-state index is -0.698. The third-order valence-electron chi connectivity index (χ3n) is 3.43. The van der Waals surface area contributed by atoms with Crippen LogP contribution in [0.4, 0.5) is 4.39 Å². The fraction of sp³-hybridized carbons (Fsp3) is 0.571. The summed E-state index contributed by atoms with van der Waals surface area (Å²) < 4.78 is 18.4. The molecule has 0 saturated carbocycles. The number of benzene rings is 1. The van der Waals surface area contributed by atoms with Crippen molar-refractivity contribution in [3.8, 4) is 0 Å². The van der Waals surface area contributed by atoms with Crippen LogP contribution in [0.5, 0.6) is 0 Å². The van der Waals surface area contributed by atoms with Crippen molar-refractivity contribution in [1.29, 1.82) is 0 Å². The lowest BCUT2D eigenvalue weighted by Crippen LogP contribution is -2.42. The van der Waals surface area contributed by atoms with Crippen LogP contribution in [0.25, 0.3) is 0 Å². The van der Waals surface area contributed by atoms with E-state index in [0.29, 0.717) is 25.9 Å². The monoisotopic (exact) mass is 238 g/mol. The van der Waals surface area contributed by atoms with Crippen molar-refractivity contribution in [2.45, 2.75) is 44.3 Å². The zero-order chi connectivity index (χ0) is 12.3. The summed E-state index contributed by atoms with van der Waals surface area (Å²) >= 11 is 0. The lowest BCUT2D eigenvalue weighted by molar-refractivity contribution is -0.103. The van der Waals surface area contributed by atoms with Gasteiger partial charge in [0.05, 0.1) is 11.7 Å². The molecule has 0 radical (unpaired) electrons. The van der Waals surface area contributed by atoms with Gasteiger partial charge in [0.1, 0.15) is 5.82 Å². The van der Waals surface area contributed by atoms with Gasteiger partial charge in [-0.1, -0.05) is 19.1 Å². The normalized spacial score (nSPS) is 29.2. The molecule has 0 amide bonds. The minimum Gasteiger partial charge on any atom is -0.389 e. The highest BCUT2D eigenvalue weighted by atomic mass is 19.1. The first-order valence-corrected chi connectivity index (χ1v) is 6.20. The Bertz CT molecular complexity index is 363. The average Bonchev–Trinajstić information content (AvgIpc) is 2.32. The van der Waals surface area contributed by atoms with Crippen LogP contribution in [0, 0.1) is 5.82 Å². The first kappa shape index (κ1) is 12.5. The molecular formula is C14H19FO2. The summed E-state index contributed by atoms with van der Waals surface area (Å²) in [5, 5.41) is 10.5. The third kappa shape index (κ3) is 3.27. The Morgan fingerprint density at radius 3 is 2.76 bits per heavy atom. The molecule has 94 valence electrons. The quantitative estimate of drug-likeness (QED) is 0.877. The second-order valence-corrected chi connectivity index (χ2v) is 4.88. The Morgan fingerprint density at radius 2 is 2.12 bits per heavy atom. The van der Waals surface area contributed by atoms with Crippen LogP contribution >= 0.6 is 0 Å². The van der Waals surface area contributed by atoms with Crippen molar-refractivity contribution in [3.05, 3.63) is 35.6 Å². The Kier molecular flexibility index (Phi) is 3.79. The highest BCUT2D eigenvalue weighted by Crippen LogP contribution is 2.29. The van der Waals surface area contributed by atoms with E-state index in [-0.39, 0.29) is 11.9 Å². The van der Waals surface area contributed by atoms with Gasteiger partial charge in [0.15, 0.2) is 0 Å². The highest BCUT2D eigenvalue weighted by molar-refractivity contribution is 5.18. The summed E-state index contributed by atoms with van der Waals surface area (Å²) in [6, 6.07) is 6.36. The van der Waals surface area contributed by atoms with E-state index in [1.807, 2.05) is 0 Å². The molecule has 1 aromatic carbocycles. The van der Waals surface area contributed by atoms with Crippen LogP contribution in [0.15, 0.2) is 24.3 Å². The summed E-state index contributed by atoms with van der Waals surface area (Å²) in [6.45, 7) is 2.67. The molecule has 0 spiro atoms. The van der Waals surface area contributed by atoms with Gasteiger partial charge < -0.3 is 9.84 Å². The van der Waals surface area contributed by atoms with Gasteiger partial charge >= 0.3 is 0 Å². The van der Waals surface area contributed by atoms with E-state index in [4.69, 9.17) is 4.74 Å². The van der Waals surface area contributed by atoms with E-state index in [2.05, 4.69) is 6.92 Å². The maximum Gasteiger partial charge on any atom is 0.123 e. The molecule has 2 nitrogen and oxygen atoms in total. The van der Waals surface area contributed by atoms with Gasteiger partial charge in [-0.2, -0.15) is 0 Å². The summed E-state index contributed by atoms with van der Waals surface area (Å²) in [6.07, 6.45) is 2.97. The summed E-state index contributed by atoms with van der Waals surface area (Å²) in [4.78, 5) is 0. The molecule has 1 saturated heterocycles. The highest BCUT2D eigenvalue weighted by Gasteiger charge is 2.34. The van der Waals surface area contributed by atoms with Gasteiger partial charge in [-0.05, 0) is 30.5 Å². The maximum atomic E-state index is 12.8. The molecule has 2 atom stereocenters. The predicted octanol–water partition coefficient (Wildman–Crippen LogP) is 2.69. The van der Waals surface area contributed by atoms with Crippen LogP contribution in [0.2, 0.25) is 0 Å². The maximum absolute atomic E-state index is 12.8. The molecule has 0 aromatic heterocycles. The Balaban J connectivity index is 2.03. The van der Waals surface area contributed by atoms with Crippen LogP contribution in [0.1, 0.15) is 31.7 Å². The minimum absolute atomic E-state index is 0.147. The first-order chi connectivity index (χ1) is 8.11. The zero-order valence-electron chi connectivity index (χ0n) is 10.2. The van der Waals surface area contributed by atoms with Crippen molar-refractivity contribution in [3.63, 3.8) is 0 Å². The standard InChI is InChI=1S/C14H19FO2/c1-2-13-10-14(16,7-8-17-13)9-11-3-5-12(15)6-4-11/h3-6,13,16H,2,7-10H2,1H3. The largest absolute Gasteiger partial charge is 0.389 e. The lowest BCUT2D eigenvalue weighted by Gasteiger charge is -2.36. The van der Waals surface area contributed by atoms with Gasteiger partial charge in [-0.3, -0.25) is 0 Å². The van der Waals surface area contributed by atoms with E-state index in [9.17, 15) is 9.50 Å². The first-order valence-electron chi connectivity index (χ1n) is 6.20. The van der Waals surface area contributed by atoms with Gasteiger partial charge in [-0.15, -0.1) is 0 Å². The van der Waals surface area contributed by atoms with Crippen molar-refractivity contribution in [1.82, 2.24) is 0 Å².